The van der Waals surface area contributed by atoms with Crippen LogP contribution in [0.25, 0.3) is 0 Å². The van der Waals surface area contributed by atoms with Crippen molar-refractivity contribution in [3.05, 3.63) is 42.9 Å². The Bertz CT molecular complexity index is 858. The van der Waals surface area contributed by atoms with Crippen LogP contribution in [0.15, 0.2) is 47.8 Å². The van der Waals surface area contributed by atoms with Crippen LogP contribution in [-0.4, -0.2) is 54.4 Å². The van der Waals surface area contributed by atoms with E-state index in [1.54, 1.807) is 0 Å². The van der Waals surface area contributed by atoms with E-state index in [2.05, 4.69) is 9.97 Å². The fourth-order valence-electron chi connectivity index (χ4n) is 2.54. The van der Waals surface area contributed by atoms with Crippen molar-refractivity contribution in [3.8, 4) is 11.6 Å². The van der Waals surface area contributed by atoms with Gasteiger partial charge in [0.25, 0.3) is 5.91 Å². The number of rotatable bonds is 7. The highest BCUT2D eigenvalue weighted by molar-refractivity contribution is 7.89. The Balaban J connectivity index is 1.64. The zero-order valence-corrected chi connectivity index (χ0v) is 14.6. The minimum Gasteiger partial charge on any atom is -0.484 e. The molecule has 1 aromatic heterocycles. The second kappa shape index (κ2) is 7.67. The molecular formula is C16H18N4O5S. The highest BCUT2D eigenvalue weighted by Crippen LogP contribution is 2.24. The van der Waals surface area contributed by atoms with E-state index in [1.807, 2.05) is 0 Å². The molecule has 0 radical (unpaired) electrons. The van der Waals surface area contributed by atoms with E-state index < -0.39 is 15.9 Å². The molecule has 1 aliphatic rings. The summed E-state index contributed by atoms with van der Waals surface area (Å²) < 4.78 is 37.6. The Morgan fingerprint density at radius 2 is 2.04 bits per heavy atom. The van der Waals surface area contributed by atoms with Crippen LogP contribution in [-0.2, 0) is 14.8 Å². The first-order valence-electron chi connectivity index (χ1n) is 7.89. The number of primary amides is 1. The van der Waals surface area contributed by atoms with Gasteiger partial charge in [-0.2, -0.15) is 4.31 Å². The summed E-state index contributed by atoms with van der Waals surface area (Å²) in [6, 6.07) is 5.84. The van der Waals surface area contributed by atoms with Gasteiger partial charge in [0.1, 0.15) is 11.9 Å². The lowest BCUT2D eigenvalue weighted by atomic mass is 10.3. The van der Waals surface area contributed by atoms with Crippen LogP contribution in [0.3, 0.4) is 0 Å². The molecule has 1 aromatic carbocycles. The molecule has 0 saturated carbocycles. The number of nitrogens with two attached hydrogens (primary N) is 1. The highest BCUT2D eigenvalue weighted by atomic mass is 32.2. The Labute approximate surface area is 150 Å². The molecule has 10 heteroatoms. The second-order valence-corrected chi connectivity index (χ2v) is 7.60. The van der Waals surface area contributed by atoms with Gasteiger partial charge in [-0.05, 0) is 30.7 Å². The van der Waals surface area contributed by atoms with Gasteiger partial charge < -0.3 is 15.2 Å². The molecule has 1 fully saturated rings. The molecule has 9 nitrogen and oxygen atoms in total. The molecule has 0 aliphatic carbocycles. The quantitative estimate of drug-likeness (QED) is 0.729. The zero-order valence-electron chi connectivity index (χ0n) is 13.8. The van der Waals surface area contributed by atoms with E-state index in [0.29, 0.717) is 24.6 Å². The summed E-state index contributed by atoms with van der Waals surface area (Å²) in [6.45, 7) is 0.325. The number of hydrogen-bond donors (Lipinski definition) is 1. The van der Waals surface area contributed by atoms with Gasteiger partial charge in [-0.1, -0.05) is 0 Å². The standard InChI is InChI=1S/C16H18N4O5S/c17-15(21)11-24-12-1-3-14(4-2-12)26(22,23)20-8-5-13(10-20)25-16-9-18-6-7-19-16/h1-4,6-7,9,13H,5,8,10-11H2,(H2,17,21)/t13-/m0/s1. The maximum atomic E-state index is 12.7. The minimum atomic E-state index is -3.64. The number of carbonyl (C=O) groups excluding carboxylic acids is 1. The predicted octanol–water partition coefficient (Wildman–Crippen LogP) is 0.183. The Kier molecular flexibility index (Phi) is 5.33. The van der Waals surface area contributed by atoms with E-state index in [9.17, 15) is 13.2 Å². The summed E-state index contributed by atoms with van der Waals surface area (Å²) >= 11 is 0. The maximum absolute atomic E-state index is 12.7. The third-order valence-electron chi connectivity index (χ3n) is 3.78. The van der Waals surface area contributed by atoms with Crippen molar-refractivity contribution in [2.24, 2.45) is 5.73 Å². The van der Waals surface area contributed by atoms with E-state index in [0.717, 1.165) is 0 Å². The second-order valence-electron chi connectivity index (χ2n) is 5.66. The topological polar surface area (TPSA) is 125 Å². The molecule has 1 saturated heterocycles. The lowest BCUT2D eigenvalue weighted by Gasteiger charge is -2.17. The molecule has 0 spiro atoms. The summed E-state index contributed by atoms with van der Waals surface area (Å²) in [4.78, 5) is 18.8. The number of aromatic nitrogens is 2. The predicted molar refractivity (Wildman–Crippen MR) is 91.0 cm³/mol. The molecule has 1 amide bonds. The van der Waals surface area contributed by atoms with Crippen LogP contribution in [0.4, 0.5) is 0 Å². The van der Waals surface area contributed by atoms with Gasteiger partial charge in [-0.3, -0.25) is 9.78 Å². The molecule has 2 heterocycles. The number of sulfonamides is 1. The molecule has 1 aliphatic heterocycles. The van der Waals surface area contributed by atoms with Gasteiger partial charge in [0.2, 0.25) is 15.9 Å². The van der Waals surface area contributed by atoms with Crippen molar-refractivity contribution < 1.29 is 22.7 Å². The van der Waals surface area contributed by atoms with Gasteiger partial charge in [0.15, 0.2) is 6.61 Å². The minimum absolute atomic E-state index is 0.143. The Hall–Kier alpha value is -2.72. The molecule has 2 aromatic rings. The third-order valence-corrected chi connectivity index (χ3v) is 5.66. The van der Waals surface area contributed by atoms with Gasteiger partial charge in [0.05, 0.1) is 17.6 Å². The fourth-order valence-corrected chi connectivity index (χ4v) is 4.03. The van der Waals surface area contributed by atoms with E-state index in [1.165, 1.54) is 47.2 Å². The molecular weight excluding hydrogens is 360 g/mol. The van der Waals surface area contributed by atoms with Crippen LogP contribution in [0, 0.1) is 0 Å². The number of carbonyl (C=O) groups is 1. The summed E-state index contributed by atoms with van der Waals surface area (Å²) in [5.74, 6) is 0.133. The molecule has 3 rings (SSSR count). The van der Waals surface area contributed by atoms with Crippen molar-refractivity contribution in [1.29, 1.82) is 0 Å². The molecule has 138 valence electrons. The third kappa shape index (κ3) is 4.27. The van der Waals surface area contributed by atoms with Crippen molar-refractivity contribution >= 4 is 15.9 Å². The number of hydrogen-bond acceptors (Lipinski definition) is 7. The van der Waals surface area contributed by atoms with Crippen molar-refractivity contribution in [2.45, 2.75) is 17.4 Å². The molecule has 1 atom stereocenters. The summed E-state index contributed by atoms with van der Waals surface area (Å²) in [6.07, 6.45) is 4.83. The van der Waals surface area contributed by atoms with Crippen molar-refractivity contribution in [2.75, 3.05) is 19.7 Å². The largest absolute Gasteiger partial charge is 0.484 e. The number of ether oxygens (including phenoxy) is 2. The first-order valence-corrected chi connectivity index (χ1v) is 9.33. The van der Waals surface area contributed by atoms with Gasteiger partial charge >= 0.3 is 0 Å². The van der Waals surface area contributed by atoms with E-state index in [-0.39, 0.29) is 24.2 Å². The average molecular weight is 378 g/mol. The number of nitrogens with zero attached hydrogens (tertiary/aromatic N) is 3. The number of amides is 1. The Morgan fingerprint density at radius 1 is 1.27 bits per heavy atom. The Morgan fingerprint density at radius 3 is 2.69 bits per heavy atom. The average Bonchev–Trinajstić information content (AvgIpc) is 3.10. The van der Waals surface area contributed by atoms with E-state index >= 15 is 0 Å². The van der Waals surface area contributed by atoms with Gasteiger partial charge in [-0.25, -0.2) is 13.4 Å². The van der Waals surface area contributed by atoms with Crippen LogP contribution < -0.4 is 15.2 Å². The summed E-state index contributed by atoms with van der Waals surface area (Å²) in [7, 11) is -3.64. The van der Waals surface area contributed by atoms with Crippen LogP contribution >= 0.6 is 0 Å². The zero-order chi connectivity index (χ0) is 18.6. The molecule has 0 bridgehead atoms. The number of benzene rings is 1. The first-order chi connectivity index (χ1) is 12.4. The first kappa shape index (κ1) is 18.1. The summed E-state index contributed by atoms with van der Waals surface area (Å²) in [5.41, 5.74) is 5.00. The normalized spacial score (nSPS) is 17.8. The SMILES string of the molecule is NC(=O)COc1ccc(S(=O)(=O)N2CC[C@H](Oc3cnccn3)C2)cc1. The smallest absolute Gasteiger partial charge is 0.255 e. The monoisotopic (exact) mass is 378 g/mol. The van der Waals surface area contributed by atoms with Gasteiger partial charge in [0, 0.05) is 18.9 Å². The van der Waals surface area contributed by atoms with Crippen LogP contribution in [0.1, 0.15) is 6.42 Å². The molecule has 26 heavy (non-hydrogen) atoms. The molecule has 0 unspecified atom stereocenters. The van der Waals surface area contributed by atoms with Crippen molar-refractivity contribution in [3.63, 3.8) is 0 Å². The highest BCUT2D eigenvalue weighted by Gasteiger charge is 2.33. The fraction of sp³-hybridized carbons (Fsp3) is 0.312. The summed E-state index contributed by atoms with van der Waals surface area (Å²) in [5, 5.41) is 0. The van der Waals surface area contributed by atoms with Gasteiger partial charge in [-0.15, -0.1) is 0 Å². The van der Waals surface area contributed by atoms with Crippen LogP contribution in [0.2, 0.25) is 0 Å². The lowest BCUT2D eigenvalue weighted by Crippen LogP contribution is -2.31. The van der Waals surface area contributed by atoms with Crippen LogP contribution in [0.5, 0.6) is 11.6 Å². The van der Waals surface area contributed by atoms with E-state index in [4.69, 9.17) is 15.2 Å². The maximum Gasteiger partial charge on any atom is 0.255 e. The molecule has 2 N–H and O–H groups in total. The lowest BCUT2D eigenvalue weighted by molar-refractivity contribution is -0.119. The van der Waals surface area contributed by atoms with Crippen molar-refractivity contribution in [1.82, 2.24) is 14.3 Å².